The smallest absolute Gasteiger partial charge is 0.311 e. The lowest BCUT2D eigenvalue weighted by atomic mass is 9.54. The molecule has 1 aliphatic heterocycles. The molecule has 17 heavy (non-hydrogen) atoms. The number of piperidine rings is 1. The Morgan fingerprint density at radius 3 is 2.41 bits per heavy atom. The maximum atomic E-state index is 12.0. The van der Waals surface area contributed by atoms with Crippen LogP contribution in [0, 0.1) is 11.3 Å². The lowest BCUT2D eigenvalue weighted by Gasteiger charge is -2.54. The molecule has 3 N–H and O–H groups in total. The number of carbonyl (C=O) groups is 1. The lowest BCUT2D eigenvalue weighted by Crippen LogP contribution is -2.63. The highest BCUT2D eigenvalue weighted by Crippen LogP contribution is 2.51. The quantitative estimate of drug-likeness (QED) is 0.672. The molecule has 2 rings (SSSR count). The molecule has 0 bridgehead atoms. The average molecular weight is 240 g/mol. The van der Waals surface area contributed by atoms with E-state index in [0.717, 1.165) is 32.4 Å². The van der Waals surface area contributed by atoms with Crippen molar-refractivity contribution in [2.75, 3.05) is 13.1 Å². The summed E-state index contributed by atoms with van der Waals surface area (Å²) in [5.41, 5.74) is 6.02. The predicted octanol–water partition coefficient (Wildman–Crippen LogP) is 1.05. The number of nitrogens with one attached hydrogen (secondary N) is 1. The van der Waals surface area contributed by atoms with Crippen molar-refractivity contribution in [1.82, 2.24) is 5.32 Å². The van der Waals surface area contributed by atoms with E-state index in [1.807, 2.05) is 20.8 Å². The SMILES string of the molecule is CC(C)(C)OC(=O)C1CC2(CCNCC2)C1N. The summed E-state index contributed by atoms with van der Waals surface area (Å²) >= 11 is 0. The van der Waals surface area contributed by atoms with Crippen molar-refractivity contribution < 1.29 is 9.53 Å². The van der Waals surface area contributed by atoms with Gasteiger partial charge in [-0.2, -0.15) is 0 Å². The van der Waals surface area contributed by atoms with Crippen LogP contribution in [-0.2, 0) is 9.53 Å². The molecule has 2 fully saturated rings. The van der Waals surface area contributed by atoms with Gasteiger partial charge in [0.05, 0.1) is 5.92 Å². The minimum absolute atomic E-state index is 0.0144. The highest BCUT2D eigenvalue weighted by molar-refractivity contribution is 5.75. The Bertz CT molecular complexity index is 303. The lowest BCUT2D eigenvalue weighted by molar-refractivity contribution is -0.172. The minimum atomic E-state index is -0.409. The van der Waals surface area contributed by atoms with Crippen LogP contribution in [0.15, 0.2) is 0 Å². The van der Waals surface area contributed by atoms with Gasteiger partial charge < -0.3 is 15.8 Å². The van der Waals surface area contributed by atoms with Crippen LogP contribution in [0.25, 0.3) is 0 Å². The molecule has 0 amide bonds. The van der Waals surface area contributed by atoms with Gasteiger partial charge in [-0.25, -0.2) is 0 Å². The van der Waals surface area contributed by atoms with E-state index in [9.17, 15) is 4.79 Å². The van der Waals surface area contributed by atoms with E-state index in [4.69, 9.17) is 10.5 Å². The molecule has 0 aromatic rings. The van der Waals surface area contributed by atoms with Gasteiger partial charge in [0, 0.05) is 6.04 Å². The molecule has 1 spiro atoms. The first kappa shape index (κ1) is 12.8. The Hall–Kier alpha value is -0.610. The Balaban J connectivity index is 1.92. The monoisotopic (exact) mass is 240 g/mol. The zero-order valence-electron chi connectivity index (χ0n) is 11.1. The minimum Gasteiger partial charge on any atom is -0.460 e. The van der Waals surface area contributed by atoms with E-state index in [2.05, 4.69) is 5.32 Å². The number of ether oxygens (including phenoxy) is 1. The summed E-state index contributed by atoms with van der Waals surface area (Å²) in [5.74, 6) is -0.207. The largest absolute Gasteiger partial charge is 0.460 e. The summed E-state index contributed by atoms with van der Waals surface area (Å²) in [4.78, 5) is 12.0. The second-order valence-electron chi connectivity index (χ2n) is 6.48. The first-order valence-electron chi connectivity index (χ1n) is 6.53. The normalized spacial score (nSPS) is 32.0. The highest BCUT2D eigenvalue weighted by Gasteiger charge is 2.55. The van der Waals surface area contributed by atoms with Crippen molar-refractivity contribution in [3.63, 3.8) is 0 Å². The standard InChI is InChI=1S/C13H24N2O2/c1-12(2,3)17-11(16)9-8-13(10(9)14)4-6-15-7-5-13/h9-10,15H,4-8,14H2,1-3H3. The molecule has 2 unspecified atom stereocenters. The van der Waals surface area contributed by atoms with Crippen molar-refractivity contribution in [3.05, 3.63) is 0 Å². The predicted molar refractivity (Wildman–Crippen MR) is 66.5 cm³/mol. The van der Waals surface area contributed by atoms with Gasteiger partial charge in [-0.05, 0) is 58.5 Å². The molecule has 0 aromatic carbocycles. The number of hydrogen-bond donors (Lipinski definition) is 2. The number of carbonyl (C=O) groups excluding carboxylic acids is 1. The van der Waals surface area contributed by atoms with Gasteiger partial charge in [0.25, 0.3) is 0 Å². The van der Waals surface area contributed by atoms with E-state index in [1.165, 1.54) is 0 Å². The fraction of sp³-hybridized carbons (Fsp3) is 0.923. The summed E-state index contributed by atoms with van der Waals surface area (Å²) in [6.45, 7) is 7.74. The van der Waals surface area contributed by atoms with E-state index in [1.54, 1.807) is 0 Å². The van der Waals surface area contributed by atoms with E-state index < -0.39 is 5.60 Å². The van der Waals surface area contributed by atoms with Gasteiger partial charge in [0.15, 0.2) is 0 Å². The zero-order chi connectivity index (χ0) is 12.7. The second-order valence-corrected chi connectivity index (χ2v) is 6.48. The number of hydrogen-bond acceptors (Lipinski definition) is 4. The third-order valence-electron chi connectivity index (χ3n) is 4.08. The van der Waals surface area contributed by atoms with Crippen LogP contribution < -0.4 is 11.1 Å². The Labute approximate surface area is 103 Å². The van der Waals surface area contributed by atoms with Gasteiger partial charge in [-0.15, -0.1) is 0 Å². The fourth-order valence-electron chi connectivity index (χ4n) is 3.04. The summed E-state index contributed by atoms with van der Waals surface area (Å²) in [7, 11) is 0. The molecule has 2 atom stereocenters. The van der Waals surface area contributed by atoms with Crippen LogP contribution in [-0.4, -0.2) is 30.7 Å². The summed E-state index contributed by atoms with van der Waals surface area (Å²) in [6, 6.07) is -0.0144. The van der Waals surface area contributed by atoms with Crippen molar-refractivity contribution in [2.24, 2.45) is 17.1 Å². The molecule has 1 saturated heterocycles. The Morgan fingerprint density at radius 1 is 1.35 bits per heavy atom. The number of nitrogens with two attached hydrogens (primary N) is 1. The molecule has 4 nitrogen and oxygen atoms in total. The van der Waals surface area contributed by atoms with Crippen LogP contribution in [0.5, 0.6) is 0 Å². The fourth-order valence-corrected chi connectivity index (χ4v) is 3.04. The summed E-state index contributed by atoms with van der Waals surface area (Å²) in [5, 5.41) is 3.34. The van der Waals surface area contributed by atoms with Crippen molar-refractivity contribution >= 4 is 5.97 Å². The van der Waals surface area contributed by atoms with Crippen molar-refractivity contribution in [2.45, 2.75) is 51.7 Å². The van der Waals surface area contributed by atoms with Gasteiger partial charge in [0.2, 0.25) is 0 Å². The molecule has 0 aromatic heterocycles. The molecule has 2 aliphatic rings. The van der Waals surface area contributed by atoms with Gasteiger partial charge in [-0.1, -0.05) is 0 Å². The molecule has 98 valence electrons. The topological polar surface area (TPSA) is 64.3 Å². The highest BCUT2D eigenvalue weighted by atomic mass is 16.6. The van der Waals surface area contributed by atoms with E-state index in [0.29, 0.717) is 0 Å². The number of rotatable bonds is 1. The Kier molecular flexibility index (Phi) is 3.21. The van der Waals surface area contributed by atoms with Crippen molar-refractivity contribution in [3.8, 4) is 0 Å². The molecular weight excluding hydrogens is 216 g/mol. The molecular formula is C13H24N2O2. The van der Waals surface area contributed by atoms with Gasteiger partial charge in [0.1, 0.15) is 5.60 Å². The van der Waals surface area contributed by atoms with Gasteiger partial charge in [-0.3, -0.25) is 4.79 Å². The third-order valence-corrected chi connectivity index (χ3v) is 4.08. The molecule has 4 heteroatoms. The number of esters is 1. The maximum Gasteiger partial charge on any atom is 0.311 e. The second kappa shape index (κ2) is 4.25. The van der Waals surface area contributed by atoms with Crippen LogP contribution in [0.3, 0.4) is 0 Å². The third kappa shape index (κ3) is 2.47. The van der Waals surface area contributed by atoms with Crippen molar-refractivity contribution in [1.29, 1.82) is 0 Å². The summed E-state index contributed by atoms with van der Waals surface area (Å²) < 4.78 is 5.41. The van der Waals surface area contributed by atoms with Crippen LogP contribution in [0.2, 0.25) is 0 Å². The maximum absolute atomic E-state index is 12.0. The summed E-state index contributed by atoms with van der Waals surface area (Å²) in [6.07, 6.45) is 3.09. The zero-order valence-corrected chi connectivity index (χ0v) is 11.1. The van der Waals surface area contributed by atoms with E-state index >= 15 is 0 Å². The van der Waals surface area contributed by atoms with E-state index in [-0.39, 0.29) is 23.3 Å². The first-order valence-corrected chi connectivity index (χ1v) is 6.53. The molecule has 1 heterocycles. The molecule has 1 saturated carbocycles. The van der Waals surface area contributed by atoms with Crippen LogP contribution in [0.4, 0.5) is 0 Å². The molecule has 1 aliphatic carbocycles. The molecule has 0 radical (unpaired) electrons. The Morgan fingerprint density at radius 2 is 1.94 bits per heavy atom. The van der Waals surface area contributed by atoms with Gasteiger partial charge >= 0.3 is 5.97 Å². The first-order chi connectivity index (χ1) is 7.84. The van der Waals surface area contributed by atoms with Crippen LogP contribution >= 0.6 is 0 Å². The van der Waals surface area contributed by atoms with Crippen LogP contribution in [0.1, 0.15) is 40.0 Å². The average Bonchev–Trinajstić information content (AvgIpc) is 2.24.